The molecule has 0 bridgehead atoms. The van der Waals surface area contributed by atoms with E-state index in [1.54, 1.807) is 0 Å². The molecule has 2 aromatic carbocycles. The van der Waals surface area contributed by atoms with Crippen LogP contribution in [0.25, 0.3) is 0 Å². The highest BCUT2D eigenvalue weighted by molar-refractivity contribution is 7.92. The fourth-order valence-electron chi connectivity index (χ4n) is 1.97. The van der Waals surface area contributed by atoms with Crippen LogP contribution in [0, 0.1) is 6.92 Å². The number of carbonyl (C=O) groups is 1. The second-order valence-corrected chi connectivity index (χ2v) is 6.65. The Bertz CT molecular complexity index is 892. The summed E-state index contributed by atoms with van der Waals surface area (Å²) in [6.45, 7) is 1.50. The summed E-state index contributed by atoms with van der Waals surface area (Å²) in [7, 11) is -4.23. The minimum atomic E-state index is -4.61. The Morgan fingerprint density at radius 1 is 1.12 bits per heavy atom. The predicted molar refractivity (Wildman–Crippen MR) is 80.4 cm³/mol. The molecule has 0 atom stereocenters. The van der Waals surface area contributed by atoms with Crippen LogP contribution in [0.15, 0.2) is 47.4 Å². The molecule has 24 heavy (non-hydrogen) atoms. The zero-order chi connectivity index (χ0) is 18.1. The van der Waals surface area contributed by atoms with Crippen LogP contribution in [0.2, 0.25) is 0 Å². The SMILES string of the molecule is Cc1ccc(S(=O)(=O)Nc2cccc(C(F)(F)F)c2)cc1C(=O)O. The molecule has 0 aliphatic carbocycles. The quantitative estimate of drug-likeness (QED) is 0.875. The second kappa shape index (κ2) is 6.16. The van der Waals surface area contributed by atoms with Crippen LogP contribution in [-0.4, -0.2) is 19.5 Å². The summed E-state index contributed by atoms with van der Waals surface area (Å²) < 4.78 is 64.5. The topological polar surface area (TPSA) is 83.5 Å². The van der Waals surface area contributed by atoms with E-state index in [1.807, 2.05) is 4.72 Å². The molecule has 0 heterocycles. The molecule has 5 nitrogen and oxygen atoms in total. The number of benzene rings is 2. The van der Waals surface area contributed by atoms with Crippen LogP contribution in [0.5, 0.6) is 0 Å². The maximum atomic E-state index is 12.7. The average Bonchev–Trinajstić information content (AvgIpc) is 2.46. The summed E-state index contributed by atoms with van der Waals surface area (Å²) >= 11 is 0. The third kappa shape index (κ3) is 3.85. The van der Waals surface area contributed by atoms with Gasteiger partial charge < -0.3 is 5.11 Å². The third-order valence-electron chi connectivity index (χ3n) is 3.19. The summed E-state index contributed by atoms with van der Waals surface area (Å²) in [5, 5.41) is 9.03. The molecule has 0 amide bonds. The highest BCUT2D eigenvalue weighted by atomic mass is 32.2. The molecule has 0 aliphatic rings. The van der Waals surface area contributed by atoms with Gasteiger partial charge in [0, 0.05) is 5.69 Å². The molecular weight excluding hydrogens is 347 g/mol. The third-order valence-corrected chi connectivity index (χ3v) is 4.57. The molecule has 2 rings (SSSR count). The van der Waals surface area contributed by atoms with Gasteiger partial charge in [-0.3, -0.25) is 4.72 Å². The number of anilines is 1. The van der Waals surface area contributed by atoms with Crippen molar-refractivity contribution in [2.75, 3.05) is 4.72 Å². The van der Waals surface area contributed by atoms with Crippen molar-refractivity contribution < 1.29 is 31.5 Å². The number of hydrogen-bond donors (Lipinski definition) is 2. The summed E-state index contributed by atoms with van der Waals surface area (Å²) in [6.07, 6.45) is -4.61. The van der Waals surface area contributed by atoms with E-state index in [2.05, 4.69) is 0 Å². The number of aryl methyl sites for hydroxylation is 1. The molecule has 0 unspecified atom stereocenters. The van der Waals surface area contributed by atoms with Crippen molar-refractivity contribution >= 4 is 21.7 Å². The van der Waals surface area contributed by atoms with Gasteiger partial charge in [-0.25, -0.2) is 13.2 Å². The average molecular weight is 359 g/mol. The number of carboxylic acids is 1. The lowest BCUT2D eigenvalue weighted by Gasteiger charge is -2.12. The van der Waals surface area contributed by atoms with Crippen molar-refractivity contribution in [2.24, 2.45) is 0 Å². The van der Waals surface area contributed by atoms with Gasteiger partial charge in [0.25, 0.3) is 10.0 Å². The minimum absolute atomic E-state index is 0.207. The number of sulfonamides is 1. The van der Waals surface area contributed by atoms with E-state index in [-0.39, 0.29) is 16.1 Å². The molecular formula is C15H12F3NO4S. The van der Waals surface area contributed by atoms with Crippen LogP contribution in [-0.2, 0) is 16.2 Å². The van der Waals surface area contributed by atoms with E-state index in [0.29, 0.717) is 11.6 Å². The lowest BCUT2D eigenvalue weighted by atomic mass is 10.1. The van der Waals surface area contributed by atoms with Gasteiger partial charge in [-0.1, -0.05) is 12.1 Å². The Balaban J connectivity index is 2.39. The number of carboxylic acid groups (broad SMARTS) is 1. The largest absolute Gasteiger partial charge is 0.478 e. The Hall–Kier alpha value is -2.55. The molecule has 0 radical (unpaired) electrons. The van der Waals surface area contributed by atoms with Crippen LogP contribution < -0.4 is 4.72 Å². The first-order chi connectivity index (χ1) is 11.0. The maximum Gasteiger partial charge on any atom is 0.416 e. The normalized spacial score (nSPS) is 12.0. The molecule has 0 aliphatic heterocycles. The smallest absolute Gasteiger partial charge is 0.416 e. The molecule has 0 saturated carbocycles. The zero-order valence-electron chi connectivity index (χ0n) is 12.3. The van der Waals surface area contributed by atoms with Gasteiger partial charge in [-0.2, -0.15) is 13.2 Å². The van der Waals surface area contributed by atoms with E-state index in [0.717, 1.165) is 18.2 Å². The Kier molecular flexibility index (Phi) is 4.57. The first kappa shape index (κ1) is 17.8. The fourth-order valence-corrected chi connectivity index (χ4v) is 3.05. The summed E-state index contributed by atoms with van der Waals surface area (Å²) in [5.74, 6) is -1.30. The molecule has 2 N–H and O–H groups in total. The number of alkyl halides is 3. The Labute approximate surface area is 135 Å². The van der Waals surface area contributed by atoms with Gasteiger partial charge >= 0.3 is 12.1 Å². The lowest BCUT2D eigenvalue weighted by Crippen LogP contribution is -2.15. The molecule has 128 valence electrons. The van der Waals surface area contributed by atoms with E-state index in [4.69, 9.17) is 5.11 Å². The Morgan fingerprint density at radius 3 is 2.38 bits per heavy atom. The van der Waals surface area contributed by atoms with Crippen LogP contribution in [0.1, 0.15) is 21.5 Å². The van der Waals surface area contributed by atoms with E-state index < -0.39 is 27.7 Å². The zero-order valence-corrected chi connectivity index (χ0v) is 13.1. The fraction of sp³-hybridized carbons (Fsp3) is 0.133. The molecule has 0 saturated heterocycles. The molecule has 0 spiro atoms. The van der Waals surface area contributed by atoms with E-state index in [1.165, 1.54) is 25.1 Å². The van der Waals surface area contributed by atoms with Crippen molar-refractivity contribution in [1.29, 1.82) is 0 Å². The van der Waals surface area contributed by atoms with Crippen LogP contribution >= 0.6 is 0 Å². The van der Waals surface area contributed by atoms with Crippen LogP contribution in [0.3, 0.4) is 0 Å². The monoisotopic (exact) mass is 359 g/mol. The van der Waals surface area contributed by atoms with E-state index in [9.17, 15) is 26.4 Å². The number of aromatic carboxylic acids is 1. The van der Waals surface area contributed by atoms with Crippen molar-refractivity contribution in [3.05, 3.63) is 59.2 Å². The predicted octanol–water partition coefficient (Wildman–Crippen LogP) is 3.51. The summed E-state index contributed by atoms with van der Waals surface area (Å²) in [6, 6.07) is 7.14. The van der Waals surface area contributed by atoms with Crippen molar-refractivity contribution in [3.63, 3.8) is 0 Å². The number of nitrogens with one attached hydrogen (secondary N) is 1. The second-order valence-electron chi connectivity index (χ2n) is 4.97. The Morgan fingerprint density at radius 2 is 1.79 bits per heavy atom. The van der Waals surface area contributed by atoms with Crippen molar-refractivity contribution in [1.82, 2.24) is 0 Å². The molecule has 9 heteroatoms. The number of halogens is 3. The molecule has 0 aromatic heterocycles. The first-order valence-corrected chi connectivity index (χ1v) is 8.03. The maximum absolute atomic E-state index is 12.7. The first-order valence-electron chi connectivity index (χ1n) is 6.55. The standard InChI is InChI=1S/C15H12F3NO4S/c1-9-5-6-12(8-13(9)14(20)21)24(22,23)19-11-4-2-3-10(7-11)15(16,17)18/h2-8,19H,1H3,(H,20,21). The highest BCUT2D eigenvalue weighted by Crippen LogP contribution is 2.31. The summed E-state index contributed by atoms with van der Waals surface area (Å²) in [5.41, 5.74) is -1.12. The van der Waals surface area contributed by atoms with Gasteiger partial charge in [0.1, 0.15) is 0 Å². The van der Waals surface area contributed by atoms with E-state index >= 15 is 0 Å². The molecule has 0 fully saturated rings. The summed E-state index contributed by atoms with van der Waals surface area (Å²) in [4.78, 5) is 10.7. The van der Waals surface area contributed by atoms with Gasteiger partial charge in [0.2, 0.25) is 0 Å². The number of hydrogen-bond acceptors (Lipinski definition) is 3. The van der Waals surface area contributed by atoms with Gasteiger partial charge in [-0.15, -0.1) is 0 Å². The van der Waals surface area contributed by atoms with Crippen molar-refractivity contribution in [3.8, 4) is 0 Å². The highest BCUT2D eigenvalue weighted by Gasteiger charge is 2.30. The minimum Gasteiger partial charge on any atom is -0.478 e. The number of rotatable bonds is 4. The van der Waals surface area contributed by atoms with Crippen molar-refractivity contribution in [2.45, 2.75) is 18.0 Å². The lowest BCUT2D eigenvalue weighted by molar-refractivity contribution is -0.137. The van der Waals surface area contributed by atoms with Gasteiger partial charge in [0.15, 0.2) is 0 Å². The van der Waals surface area contributed by atoms with Gasteiger partial charge in [-0.05, 0) is 42.8 Å². The van der Waals surface area contributed by atoms with Gasteiger partial charge in [0.05, 0.1) is 16.0 Å². The molecule has 2 aromatic rings. The van der Waals surface area contributed by atoms with Crippen LogP contribution in [0.4, 0.5) is 18.9 Å².